The maximum Gasteiger partial charge on any atom is 0.303 e. The summed E-state index contributed by atoms with van der Waals surface area (Å²) in [4.78, 5) is 82.4. The van der Waals surface area contributed by atoms with Crippen molar-refractivity contribution in [2.75, 3.05) is 20.2 Å². The van der Waals surface area contributed by atoms with Crippen molar-refractivity contribution in [1.82, 2.24) is 52.5 Å². The second-order valence-electron chi connectivity index (χ2n) is 18.6. The van der Waals surface area contributed by atoms with Gasteiger partial charge in [-0.25, -0.2) is 4.98 Å². The molecule has 0 fully saturated rings. The Morgan fingerprint density at radius 2 is 1.21 bits per heavy atom. The molecule has 1 aromatic rings. The number of amides is 5. The van der Waals surface area contributed by atoms with Crippen LogP contribution < -0.4 is 48.3 Å². The Morgan fingerprint density at radius 3 is 1.74 bits per heavy atom. The van der Waals surface area contributed by atoms with Gasteiger partial charge in [0.1, 0.15) is 37.0 Å². The number of carboxylic acid groups (broad SMARTS) is 1. The number of aromatic nitrogens is 2. The summed E-state index contributed by atoms with van der Waals surface area (Å²) < 4.78 is 0. The van der Waals surface area contributed by atoms with E-state index in [9.17, 15) is 64.5 Å². The number of hydrogen-bond acceptors (Lipinski definition) is 17. The Hall–Kier alpha value is -4.37. The Morgan fingerprint density at radius 1 is 0.639 bits per heavy atom. The molecule has 0 aliphatic carbocycles. The van der Waals surface area contributed by atoms with Crippen LogP contribution in [0.2, 0.25) is 0 Å². The third kappa shape index (κ3) is 29.4. The van der Waals surface area contributed by atoms with Crippen molar-refractivity contribution in [2.45, 2.75) is 229 Å². The van der Waals surface area contributed by atoms with Crippen LogP contribution in [0.3, 0.4) is 0 Å². The number of carbonyl (C=O) groups is 6. The molecule has 72 heavy (non-hydrogen) atoms. The van der Waals surface area contributed by atoms with Crippen LogP contribution in [0.4, 0.5) is 0 Å². The first-order valence-corrected chi connectivity index (χ1v) is 26.0. The van der Waals surface area contributed by atoms with Crippen LogP contribution in [0.15, 0.2) is 12.5 Å². The van der Waals surface area contributed by atoms with Gasteiger partial charge in [0.15, 0.2) is 0 Å². The molecule has 1 aromatic heterocycles. The molecule has 0 aliphatic heterocycles. The number of hydrogen-bond donors (Lipinski definition) is 17. The number of aliphatic hydroxyl groups is 6. The summed E-state index contributed by atoms with van der Waals surface area (Å²) in [6.07, 6.45) is 10.1. The highest BCUT2D eigenvalue weighted by molar-refractivity contribution is 5.88. The van der Waals surface area contributed by atoms with Crippen LogP contribution in [0, 0.1) is 0 Å². The van der Waals surface area contributed by atoms with E-state index in [1.165, 1.54) is 77.9 Å². The van der Waals surface area contributed by atoms with Crippen molar-refractivity contribution in [3.05, 3.63) is 18.2 Å². The van der Waals surface area contributed by atoms with Crippen LogP contribution in [0.1, 0.15) is 161 Å². The number of carbonyl (C=O) groups excluding carboxylic acids is 5. The van der Waals surface area contributed by atoms with Gasteiger partial charge in [0, 0.05) is 44.6 Å². The van der Waals surface area contributed by atoms with Crippen molar-refractivity contribution in [2.24, 2.45) is 5.73 Å². The van der Waals surface area contributed by atoms with Crippen LogP contribution in [0.5, 0.6) is 0 Å². The Balaban J connectivity index is 2.98. The van der Waals surface area contributed by atoms with E-state index in [0.717, 1.165) is 32.1 Å². The van der Waals surface area contributed by atoms with E-state index in [-0.39, 0.29) is 32.1 Å². The molecule has 18 N–H and O–H groups in total. The number of aliphatic carboxylic acids is 1. The Bertz CT molecular complexity index is 1650. The van der Waals surface area contributed by atoms with Gasteiger partial charge in [-0.15, -0.1) is 0 Å². The minimum Gasteiger partial charge on any atom is -0.481 e. The lowest BCUT2D eigenvalue weighted by atomic mass is 10.0. The molecule has 24 heteroatoms. The van der Waals surface area contributed by atoms with Gasteiger partial charge in [-0.05, 0) is 32.6 Å². The molecule has 1 rings (SSSR count). The zero-order chi connectivity index (χ0) is 53.8. The zero-order valence-electron chi connectivity index (χ0n) is 43.1. The van der Waals surface area contributed by atoms with Crippen molar-refractivity contribution in [3.63, 3.8) is 0 Å². The molecule has 0 unspecified atom stereocenters. The maximum atomic E-state index is 13.7. The second-order valence-corrected chi connectivity index (χ2v) is 18.6. The predicted molar refractivity (Wildman–Crippen MR) is 269 cm³/mol. The molecule has 0 aromatic carbocycles. The van der Waals surface area contributed by atoms with E-state index in [2.05, 4.69) is 59.4 Å². The van der Waals surface area contributed by atoms with Crippen molar-refractivity contribution >= 4 is 35.5 Å². The Kier molecular flexibility index (Phi) is 35.7. The van der Waals surface area contributed by atoms with Gasteiger partial charge in [0.05, 0.1) is 49.8 Å². The summed E-state index contributed by atoms with van der Waals surface area (Å²) in [6, 6.07) is -7.40. The van der Waals surface area contributed by atoms with Gasteiger partial charge in [0.25, 0.3) is 0 Å². The molecular weight excluding hydrogens is 939 g/mol. The zero-order valence-corrected chi connectivity index (χ0v) is 43.1. The van der Waals surface area contributed by atoms with Gasteiger partial charge in [-0.3, -0.25) is 50.0 Å². The molecule has 0 spiro atoms. The third-order valence-corrected chi connectivity index (χ3v) is 12.3. The average molecular weight is 1030 g/mol. The van der Waals surface area contributed by atoms with E-state index in [1.807, 2.05) is 6.92 Å². The number of nitrogens with zero attached hydrogens (tertiary/aromatic N) is 1. The molecule has 0 aliphatic rings. The normalized spacial score (nSPS) is 16.2. The van der Waals surface area contributed by atoms with Crippen molar-refractivity contribution in [1.29, 1.82) is 0 Å². The average Bonchev–Trinajstić information content (AvgIpc) is 3.86. The molecule has 0 saturated carbocycles. The number of H-pyrrole nitrogens is 1. The highest BCUT2D eigenvalue weighted by atomic mass is 16.4. The highest BCUT2D eigenvalue weighted by Gasteiger charge is 2.34. The number of imidazole rings is 1. The first kappa shape index (κ1) is 65.6. The summed E-state index contributed by atoms with van der Waals surface area (Å²) in [7, 11) is 1.44. The second kappa shape index (κ2) is 39.1. The van der Waals surface area contributed by atoms with Gasteiger partial charge in [-0.1, -0.05) is 104 Å². The molecule has 24 nitrogen and oxygen atoms in total. The molecular formula is C48H91N11O13. The summed E-state index contributed by atoms with van der Waals surface area (Å²) in [6.45, 7) is 4.12. The Labute approximate surface area is 425 Å². The summed E-state index contributed by atoms with van der Waals surface area (Å²) >= 11 is 0. The molecule has 0 bridgehead atoms. The number of nitrogens with one attached hydrogen (secondary N) is 9. The molecule has 416 valence electrons. The van der Waals surface area contributed by atoms with Crippen LogP contribution in [-0.4, -0.2) is 169 Å². The first-order valence-electron chi connectivity index (χ1n) is 26.0. The van der Waals surface area contributed by atoms with Crippen molar-refractivity contribution in [3.8, 4) is 0 Å². The van der Waals surface area contributed by atoms with Gasteiger partial charge >= 0.3 is 5.97 Å². The van der Waals surface area contributed by atoms with Crippen LogP contribution >= 0.6 is 0 Å². The number of rotatable bonds is 45. The van der Waals surface area contributed by atoms with Crippen molar-refractivity contribution < 1.29 is 64.5 Å². The molecule has 1 heterocycles. The van der Waals surface area contributed by atoms with Crippen LogP contribution in [-0.2, 0) is 35.2 Å². The summed E-state index contributed by atoms with van der Waals surface area (Å²) in [5, 5.41) is 95.9. The molecule has 11 atom stereocenters. The number of unbranched alkanes of at least 4 members (excludes halogenated alkanes) is 13. The lowest BCUT2D eigenvalue weighted by Crippen LogP contribution is -2.64. The fraction of sp³-hybridized carbons (Fsp3) is 0.812. The minimum absolute atomic E-state index is 0.0587. The smallest absolute Gasteiger partial charge is 0.303 e. The highest BCUT2D eigenvalue weighted by Crippen LogP contribution is 2.14. The SMILES string of the molecule is CCCCCCCCCCCCCCCC(=O)N[C@@H](CCC(=O)O)C(=O)NC[C@@H](O)N[C@H](C(=O)N[C@@H](CCC(N)=O)[C@H](O)N[C@@H](Cc1cnc[nH]1)[C@H](O)N[C@@H](CO)[C@H](O)N[C@@H](CCCC)C(=O)NC)[C@H](C)O. The topological polar surface area (TPSA) is 395 Å². The van der Waals surface area contributed by atoms with E-state index in [4.69, 9.17) is 5.73 Å². The number of primary amides is 1. The monoisotopic (exact) mass is 1030 g/mol. The van der Waals surface area contributed by atoms with Gasteiger partial charge in [-0.2, -0.15) is 0 Å². The number of likely N-dealkylation sites (N-methyl/N-ethyl adjacent to an activating group) is 1. The van der Waals surface area contributed by atoms with E-state index in [0.29, 0.717) is 25.0 Å². The maximum absolute atomic E-state index is 13.7. The number of aromatic amines is 1. The lowest BCUT2D eigenvalue weighted by molar-refractivity contribution is -0.138. The summed E-state index contributed by atoms with van der Waals surface area (Å²) in [5.41, 5.74) is 5.88. The first-order chi connectivity index (χ1) is 34.4. The lowest BCUT2D eigenvalue weighted by Gasteiger charge is -2.35. The number of aliphatic hydroxyl groups excluding tert-OH is 6. The molecule has 0 radical (unpaired) electrons. The van der Waals surface area contributed by atoms with E-state index in [1.54, 1.807) is 0 Å². The van der Waals surface area contributed by atoms with Gasteiger partial charge < -0.3 is 67.7 Å². The number of carboxylic acids is 1. The van der Waals surface area contributed by atoms with E-state index >= 15 is 0 Å². The molecule has 5 amide bonds. The minimum atomic E-state index is -1.75. The largest absolute Gasteiger partial charge is 0.481 e. The fourth-order valence-corrected chi connectivity index (χ4v) is 8.01. The molecule has 0 saturated heterocycles. The standard InChI is InChI=1S/C48H91N11O13/c1-5-7-9-10-11-12-13-14-15-16-17-18-19-21-39(63)54-34(23-25-41(65)66)44(68)52-28-40(64)59-42(31(3)61)48(72)56-35(22-24-38(49)62)45(69)57-36(26-32-27-51-30-53-32)46(70)58-37(29-60)47(71)55-33(20-8-6-2)43(67)50-4/h27,30-31,33-37,40,42,45-47,55,57-61,64,69-71H,5-26,28-29H2,1-4H3,(H2,49,62)(H,50,67)(H,51,53)(H,52,68)(H,54,63)(H,56,72)(H,65,66)/t31-,33-,34-,35-,36-,37-,40+,42-,45-,46-,47-/m0/s1. The number of nitrogens with two attached hydrogens (primary N) is 1. The third-order valence-electron chi connectivity index (χ3n) is 12.3. The van der Waals surface area contributed by atoms with Crippen LogP contribution in [0.25, 0.3) is 0 Å². The quantitative estimate of drug-likeness (QED) is 0.0277. The summed E-state index contributed by atoms with van der Waals surface area (Å²) in [5.74, 6) is -4.55. The van der Waals surface area contributed by atoms with E-state index < -0.39 is 122 Å². The predicted octanol–water partition coefficient (Wildman–Crippen LogP) is -0.935. The van der Waals surface area contributed by atoms with Gasteiger partial charge in [0.2, 0.25) is 29.5 Å². The fourth-order valence-electron chi connectivity index (χ4n) is 8.01.